The summed E-state index contributed by atoms with van der Waals surface area (Å²) >= 11 is 6.20. The Hall–Kier alpha value is -3.04. The maximum atomic E-state index is 12.4. The highest BCUT2D eigenvalue weighted by molar-refractivity contribution is 6.30. The molecule has 0 unspecified atom stereocenters. The van der Waals surface area contributed by atoms with Crippen LogP contribution in [0.15, 0.2) is 60.7 Å². The lowest BCUT2D eigenvalue weighted by atomic mass is 9.96. The van der Waals surface area contributed by atoms with Crippen molar-refractivity contribution in [2.45, 2.75) is 13.5 Å². The topological polar surface area (TPSA) is 23.6 Å². The maximum Gasteiger partial charge on any atom is 0.224 e. The van der Waals surface area contributed by atoms with Crippen molar-refractivity contribution in [2.75, 3.05) is 23.9 Å². The molecule has 1 amide bonds. The van der Waals surface area contributed by atoms with E-state index >= 15 is 0 Å². The molecule has 3 aromatic carbocycles. The smallest absolute Gasteiger partial charge is 0.224 e. The minimum Gasteiger partial charge on any atom is -0.378 e. The Bertz CT molecular complexity index is 1100. The number of halogens is 1. The summed E-state index contributed by atoms with van der Waals surface area (Å²) in [6, 6.07) is 20.6. The molecule has 4 rings (SSSR count). The van der Waals surface area contributed by atoms with Gasteiger partial charge < -0.3 is 9.80 Å². The van der Waals surface area contributed by atoms with E-state index in [1.54, 1.807) is 11.8 Å². The Morgan fingerprint density at radius 3 is 2.28 bits per heavy atom. The standard InChI is InChI=1S/C25H23ClN2O/c1-17(29)28-16-22-7-5-19(18-8-11-24(12-9-18)27(2)3)14-20(22)4-6-21-15-23(26)10-13-25(21)28/h4-15H,16H2,1-3H3/b6-4-. The van der Waals surface area contributed by atoms with E-state index in [1.165, 1.54) is 11.3 Å². The SMILES string of the molecule is CC(=O)N1Cc2ccc(-c3ccc(N(C)C)cc3)cc2/C=C\c2cc(Cl)ccc21. The van der Waals surface area contributed by atoms with Crippen LogP contribution in [-0.4, -0.2) is 20.0 Å². The summed E-state index contributed by atoms with van der Waals surface area (Å²) in [6.07, 6.45) is 4.15. The number of anilines is 2. The lowest BCUT2D eigenvalue weighted by molar-refractivity contribution is -0.116. The maximum absolute atomic E-state index is 12.4. The number of nitrogens with zero attached hydrogens (tertiary/aromatic N) is 2. The summed E-state index contributed by atoms with van der Waals surface area (Å²) in [6.45, 7) is 2.13. The van der Waals surface area contributed by atoms with Crippen LogP contribution in [-0.2, 0) is 11.3 Å². The van der Waals surface area contributed by atoms with E-state index in [9.17, 15) is 4.79 Å². The summed E-state index contributed by atoms with van der Waals surface area (Å²) in [4.78, 5) is 16.3. The number of hydrogen-bond donors (Lipinski definition) is 0. The molecule has 0 N–H and O–H groups in total. The number of carbonyl (C=O) groups is 1. The fourth-order valence-corrected chi connectivity index (χ4v) is 3.83. The second-order valence-electron chi connectivity index (χ2n) is 7.50. The first kappa shape index (κ1) is 19.3. The molecule has 0 aromatic heterocycles. The van der Waals surface area contributed by atoms with Crippen LogP contribution in [0.5, 0.6) is 0 Å². The van der Waals surface area contributed by atoms with Gasteiger partial charge >= 0.3 is 0 Å². The van der Waals surface area contributed by atoms with Crippen molar-refractivity contribution in [1.82, 2.24) is 0 Å². The lowest BCUT2D eigenvalue weighted by Gasteiger charge is -2.26. The molecule has 1 heterocycles. The zero-order valence-electron chi connectivity index (χ0n) is 16.8. The molecule has 0 radical (unpaired) electrons. The number of amides is 1. The van der Waals surface area contributed by atoms with Crippen LogP contribution in [0.1, 0.15) is 23.6 Å². The number of carbonyl (C=O) groups excluding carboxylic acids is 1. The van der Waals surface area contributed by atoms with Crippen LogP contribution in [0.4, 0.5) is 11.4 Å². The first-order valence-electron chi connectivity index (χ1n) is 9.59. The highest BCUT2D eigenvalue weighted by atomic mass is 35.5. The van der Waals surface area contributed by atoms with Crippen molar-refractivity contribution in [1.29, 1.82) is 0 Å². The second kappa shape index (κ2) is 7.76. The zero-order chi connectivity index (χ0) is 20.5. The van der Waals surface area contributed by atoms with Crippen molar-refractivity contribution >= 4 is 41.0 Å². The Balaban J connectivity index is 1.77. The van der Waals surface area contributed by atoms with E-state index < -0.39 is 0 Å². The number of fused-ring (bicyclic) bond motifs is 2. The Morgan fingerprint density at radius 1 is 0.897 bits per heavy atom. The first-order chi connectivity index (χ1) is 13.9. The molecule has 4 heteroatoms. The van der Waals surface area contributed by atoms with Gasteiger partial charge in [-0.25, -0.2) is 0 Å². The van der Waals surface area contributed by atoms with E-state index in [2.05, 4.69) is 53.4 Å². The molecular formula is C25H23ClN2O. The minimum absolute atomic E-state index is 0.0122. The predicted octanol–water partition coefficient (Wildman–Crippen LogP) is 6.11. The summed E-state index contributed by atoms with van der Waals surface area (Å²) in [7, 11) is 4.08. The molecule has 3 nitrogen and oxygen atoms in total. The van der Waals surface area contributed by atoms with Crippen molar-refractivity contribution < 1.29 is 4.79 Å². The fourth-order valence-electron chi connectivity index (χ4n) is 3.65. The minimum atomic E-state index is 0.0122. The lowest BCUT2D eigenvalue weighted by Crippen LogP contribution is -2.29. The molecule has 1 aliphatic heterocycles. The monoisotopic (exact) mass is 402 g/mol. The summed E-state index contributed by atoms with van der Waals surface area (Å²) in [5.74, 6) is 0.0122. The van der Waals surface area contributed by atoms with Crippen molar-refractivity contribution in [3.8, 4) is 11.1 Å². The summed E-state index contributed by atoms with van der Waals surface area (Å²) in [5.41, 5.74) is 7.54. The third kappa shape index (κ3) is 3.92. The van der Waals surface area contributed by atoms with Crippen LogP contribution < -0.4 is 9.80 Å². The van der Waals surface area contributed by atoms with E-state index in [0.29, 0.717) is 11.6 Å². The largest absolute Gasteiger partial charge is 0.378 e. The highest BCUT2D eigenvalue weighted by Gasteiger charge is 2.19. The van der Waals surface area contributed by atoms with Gasteiger partial charge in [0.15, 0.2) is 0 Å². The van der Waals surface area contributed by atoms with Gasteiger partial charge in [0, 0.05) is 31.7 Å². The molecule has 0 bridgehead atoms. The van der Waals surface area contributed by atoms with Gasteiger partial charge in [-0.2, -0.15) is 0 Å². The molecule has 1 aliphatic rings. The average molecular weight is 403 g/mol. The Morgan fingerprint density at radius 2 is 1.59 bits per heavy atom. The molecule has 0 saturated carbocycles. The number of hydrogen-bond acceptors (Lipinski definition) is 2. The van der Waals surface area contributed by atoms with Gasteiger partial charge in [-0.05, 0) is 64.2 Å². The molecule has 146 valence electrons. The molecular weight excluding hydrogens is 380 g/mol. The summed E-state index contributed by atoms with van der Waals surface area (Å²) < 4.78 is 0. The highest BCUT2D eigenvalue weighted by Crippen LogP contribution is 2.33. The average Bonchev–Trinajstić information content (AvgIpc) is 2.69. The van der Waals surface area contributed by atoms with Crippen LogP contribution in [0.2, 0.25) is 5.02 Å². The van der Waals surface area contributed by atoms with Crippen LogP contribution in [0.3, 0.4) is 0 Å². The molecule has 0 aliphatic carbocycles. The van der Waals surface area contributed by atoms with Gasteiger partial charge in [0.25, 0.3) is 0 Å². The van der Waals surface area contributed by atoms with Crippen LogP contribution >= 0.6 is 11.6 Å². The number of rotatable bonds is 2. The van der Waals surface area contributed by atoms with Crippen LogP contribution in [0, 0.1) is 0 Å². The zero-order valence-corrected chi connectivity index (χ0v) is 17.6. The van der Waals surface area contributed by atoms with Gasteiger partial charge in [0.05, 0.1) is 12.2 Å². The molecule has 29 heavy (non-hydrogen) atoms. The van der Waals surface area contributed by atoms with Crippen LogP contribution in [0.25, 0.3) is 23.3 Å². The normalized spacial score (nSPS) is 13.7. The van der Waals surface area contributed by atoms with Gasteiger partial charge in [-0.15, -0.1) is 0 Å². The van der Waals surface area contributed by atoms with Gasteiger partial charge in [-0.1, -0.05) is 48.0 Å². The molecule has 0 fully saturated rings. The molecule has 3 aromatic rings. The molecule has 0 saturated heterocycles. The fraction of sp³-hybridized carbons (Fsp3) is 0.160. The van der Waals surface area contributed by atoms with E-state index in [4.69, 9.17) is 11.6 Å². The first-order valence-corrected chi connectivity index (χ1v) is 9.96. The van der Waals surface area contributed by atoms with Crippen molar-refractivity contribution in [3.05, 3.63) is 82.4 Å². The van der Waals surface area contributed by atoms with Gasteiger partial charge in [0.2, 0.25) is 5.91 Å². The predicted molar refractivity (Wildman–Crippen MR) is 123 cm³/mol. The van der Waals surface area contributed by atoms with E-state index in [-0.39, 0.29) is 5.91 Å². The third-order valence-corrected chi connectivity index (χ3v) is 5.53. The van der Waals surface area contributed by atoms with Gasteiger partial charge in [-0.3, -0.25) is 4.79 Å². The van der Waals surface area contributed by atoms with Crippen molar-refractivity contribution in [2.24, 2.45) is 0 Å². The number of benzene rings is 3. The van der Waals surface area contributed by atoms with E-state index in [0.717, 1.165) is 27.9 Å². The Kier molecular flexibility index (Phi) is 5.16. The summed E-state index contributed by atoms with van der Waals surface area (Å²) in [5, 5.41) is 0.660. The second-order valence-corrected chi connectivity index (χ2v) is 7.93. The molecule has 0 atom stereocenters. The molecule has 0 spiro atoms. The van der Waals surface area contributed by atoms with Gasteiger partial charge in [0.1, 0.15) is 0 Å². The Labute approximate surface area is 176 Å². The van der Waals surface area contributed by atoms with Crippen molar-refractivity contribution in [3.63, 3.8) is 0 Å². The van der Waals surface area contributed by atoms with E-state index in [1.807, 2.05) is 38.4 Å². The quantitative estimate of drug-likeness (QED) is 0.516. The third-order valence-electron chi connectivity index (χ3n) is 5.29.